The lowest BCUT2D eigenvalue weighted by Gasteiger charge is -2.11. The maximum Gasteiger partial charge on any atom is 0.322 e. The van der Waals surface area contributed by atoms with E-state index >= 15 is 0 Å². The molecule has 0 spiro atoms. The summed E-state index contributed by atoms with van der Waals surface area (Å²) in [5.41, 5.74) is 7.29. The molecule has 2 aromatic carbocycles. The average molecular weight is 433 g/mol. The summed E-state index contributed by atoms with van der Waals surface area (Å²) in [4.78, 5) is 34.6. The monoisotopic (exact) mass is 432 g/mol. The number of esters is 1. The van der Waals surface area contributed by atoms with Crippen LogP contribution in [-0.4, -0.2) is 30.3 Å². The fourth-order valence-corrected chi connectivity index (χ4v) is 3.48. The van der Waals surface area contributed by atoms with E-state index < -0.39 is 23.2 Å². The molecule has 0 unspecified atom stereocenters. The number of rotatable bonds is 6. The van der Waals surface area contributed by atoms with Crippen molar-refractivity contribution in [2.45, 2.75) is 12.5 Å². The van der Waals surface area contributed by atoms with E-state index in [1.54, 1.807) is 48.5 Å². The summed E-state index contributed by atoms with van der Waals surface area (Å²) >= 11 is 7.12. The highest BCUT2D eigenvalue weighted by Gasteiger charge is 2.25. The van der Waals surface area contributed by atoms with Gasteiger partial charge in [-0.3, -0.25) is 19.7 Å². The molecule has 0 aliphatic carbocycles. The van der Waals surface area contributed by atoms with Gasteiger partial charge in [-0.25, -0.2) is 0 Å². The summed E-state index contributed by atoms with van der Waals surface area (Å²) in [7, 11) is 1.30. The van der Waals surface area contributed by atoms with Gasteiger partial charge < -0.3 is 15.2 Å². The van der Waals surface area contributed by atoms with E-state index in [0.717, 1.165) is 17.3 Å². The first-order valence-electron chi connectivity index (χ1n) is 8.50. The molecule has 150 valence electrons. The van der Waals surface area contributed by atoms with Crippen LogP contribution in [0.1, 0.15) is 11.1 Å². The summed E-state index contributed by atoms with van der Waals surface area (Å²) < 4.78 is 10.4. The van der Waals surface area contributed by atoms with Gasteiger partial charge in [0.15, 0.2) is 0 Å². The second-order valence-electron chi connectivity index (χ2n) is 6.12. The minimum absolute atomic E-state index is 0.306. The number of hydrogen-bond acceptors (Lipinski definition) is 7. The third kappa shape index (κ3) is 5.38. The van der Waals surface area contributed by atoms with Gasteiger partial charge in [0.1, 0.15) is 17.5 Å². The van der Waals surface area contributed by atoms with Crippen LogP contribution in [0.3, 0.4) is 0 Å². The lowest BCUT2D eigenvalue weighted by atomic mass is 10.1. The van der Waals surface area contributed by atoms with Gasteiger partial charge in [0.25, 0.3) is 11.1 Å². The average Bonchev–Trinajstić information content (AvgIpc) is 3.01. The second-order valence-corrected chi connectivity index (χ2v) is 7.54. The molecule has 3 rings (SSSR count). The number of amides is 2. The number of ether oxygens (including phenoxy) is 2. The highest BCUT2D eigenvalue weighted by atomic mass is 35.5. The van der Waals surface area contributed by atoms with Crippen molar-refractivity contribution in [2.75, 3.05) is 7.11 Å². The lowest BCUT2D eigenvalue weighted by Crippen LogP contribution is -2.33. The van der Waals surface area contributed by atoms with E-state index in [-0.39, 0.29) is 0 Å². The first kappa shape index (κ1) is 20.9. The molecule has 1 aliphatic rings. The molecule has 1 heterocycles. The van der Waals surface area contributed by atoms with Gasteiger partial charge in [-0.05, 0) is 59.7 Å². The summed E-state index contributed by atoms with van der Waals surface area (Å²) in [5.74, 6) is 0.102. The van der Waals surface area contributed by atoms with E-state index in [1.165, 1.54) is 7.11 Å². The van der Waals surface area contributed by atoms with Crippen molar-refractivity contribution in [2.24, 2.45) is 5.73 Å². The molecule has 0 saturated carbocycles. The third-order valence-electron chi connectivity index (χ3n) is 4.01. The molecule has 3 N–H and O–H groups in total. The van der Waals surface area contributed by atoms with Crippen LogP contribution in [0.4, 0.5) is 4.79 Å². The van der Waals surface area contributed by atoms with Gasteiger partial charge >= 0.3 is 5.97 Å². The highest BCUT2D eigenvalue weighted by Crippen LogP contribution is 2.32. The SMILES string of the molecule is COC(=O)[C@@H](N)Cc1ccc(Oc2ccc(/C=C3\SC(=O)NC3=O)cc2Cl)cc1. The zero-order valence-electron chi connectivity index (χ0n) is 15.3. The number of imide groups is 1. The molecule has 0 aromatic heterocycles. The van der Waals surface area contributed by atoms with Gasteiger partial charge in [0, 0.05) is 0 Å². The molecule has 0 bridgehead atoms. The Morgan fingerprint density at radius 2 is 1.97 bits per heavy atom. The highest BCUT2D eigenvalue weighted by molar-refractivity contribution is 8.18. The topological polar surface area (TPSA) is 108 Å². The smallest absolute Gasteiger partial charge is 0.322 e. The summed E-state index contributed by atoms with van der Waals surface area (Å²) in [6, 6.07) is 11.4. The number of nitrogens with one attached hydrogen (secondary N) is 1. The van der Waals surface area contributed by atoms with E-state index in [1.807, 2.05) is 0 Å². The van der Waals surface area contributed by atoms with Crippen LogP contribution in [0.25, 0.3) is 6.08 Å². The van der Waals surface area contributed by atoms with Crippen molar-refractivity contribution >= 4 is 46.6 Å². The van der Waals surface area contributed by atoms with Crippen LogP contribution >= 0.6 is 23.4 Å². The van der Waals surface area contributed by atoms with Crippen molar-refractivity contribution in [3.63, 3.8) is 0 Å². The Labute approximate surface area is 176 Å². The molecule has 1 saturated heterocycles. The predicted molar refractivity (Wildman–Crippen MR) is 111 cm³/mol. The lowest BCUT2D eigenvalue weighted by molar-refractivity contribution is -0.142. The molecular weight excluding hydrogens is 416 g/mol. The standard InChI is InChI=1S/C20H17ClN2O5S/c1-27-19(25)15(22)9-11-2-5-13(6-3-11)28-16-7-4-12(8-14(16)21)10-17-18(24)23-20(26)29-17/h2-8,10,15H,9,22H2,1H3,(H,23,24,26)/b17-10-/t15-/m0/s1. The van der Waals surface area contributed by atoms with Crippen molar-refractivity contribution in [1.29, 1.82) is 0 Å². The summed E-state index contributed by atoms with van der Waals surface area (Å²) in [6.07, 6.45) is 1.94. The Morgan fingerprint density at radius 1 is 1.24 bits per heavy atom. The Balaban J connectivity index is 1.67. The molecule has 29 heavy (non-hydrogen) atoms. The van der Waals surface area contributed by atoms with Crippen molar-refractivity contribution in [3.8, 4) is 11.5 Å². The molecule has 0 radical (unpaired) electrons. The third-order valence-corrected chi connectivity index (χ3v) is 5.11. The Morgan fingerprint density at radius 3 is 2.55 bits per heavy atom. The quantitative estimate of drug-likeness (QED) is 0.531. The zero-order chi connectivity index (χ0) is 21.0. The van der Waals surface area contributed by atoms with Crippen LogP contribution in [-0.2, 0) is 20.7 Å². The van der Waals surface area contributed by atoms with Gasteiger partial charge in [-0.15, -0.1) is 0 Å². The van der Waals surface area contributed by atoms with E-state index in [4.69, 9.17) is 22.1 Å². The van der Waals surface area contributed by atoms with Gasteiger partial charge in [0.2, 0.25) is 0 Å². The first-order valence-corrected chi connectivity index (χ1v) is 9.70. The maximum absolute atomic E-state index is 11.6. The number of carbonyl (C=O) groups is 3. The number of benzene rings is 2. The zero-order valence-corrected chi connectivity index (χ0v) is 16.9. The number of carbonyl (C=O) groups excluding carboxylic acids is 3. The van der Waals surface area contributed by atoms with Crippen LogP contribution in [0.2, 0.25) is 5.02 Å². The molecule has 1 aliphatic heterocycles. The number of hydrogen-bond donors (Lipinski definition) is 2. The molecule has 9 heteroatoms. The molecular formula is C20H17ClN2O5S. The molecule has 7 nitrogen and oxygen atoms in total. The molecule has 1 fully saturated rings. The van der Waals surface area contributed by atoms with Crippen LogP contribution in [0, 0.1) is 0 Å². The minimum Gasteiger partial charge on any atom is -0.468 e. The fraction of sp³-hybridized carbons (Fsp3) is 0.150. The Hall–Kier alpha value is -2.81. The second kappa shape index (κ2) is 9.13. The van der Waals surface area contributed by atoms with Crippen molar-refractivity contribution in [1.82, 2.24) is 5.32 Å². The number of nitrogens with two attached hydrogens (primary N) is 1. The number of thioether (sulfide) groups is 1. The van der Waals surface area contributed by atoms with Crippen LogP contribution < -0.4 is 15.8 Å². The normalized spacial score (nSPS) is 15.9. The predicted octanol–water partition coefficient (Wildman–Crippen LogP) is 3.50. The van der Waals surface area contributed by atoms with Gasteiger partial charge in [0.05, 0.1) is 17.0 Å². The van der Waals surface area contributed by atoms with E-state index in [2.05, 4.69) is 10.1 Å². The van der Waals surface area contributed by atoms with E-state index in [0.29, 0.717) is 33.4 Å². The van der Waals surface area contributed by atoms with Crippen LogP contribution in [0.5, 0.6) is 11.5 Å². The maximum atomic E-state index is 11.6. The Kier molecular flexibility index (Phi) is 6.58. The van der Waals surface area contributed by atoms with Gasteiger partial charge in [-0.1, -0.05) is 29.8 Å². The van der Waals surface area contributed by atoms with Crippen LogP contribution in [0.15, 0.2) is 47.4 Å². The van der Waals surface area contributed by atoms with Gasteiger partial charge in [-0.2, -0.15) is 0 Å². The molecule has 2 amide bonds. The number of halogens is 1. The number of methoxy groups -OCH3 is 1. The first-order chi connectivity index (χ1) is 13.9. The van der Waals surface area contributed by atoms with E-state index in [9.17, 15) is 14.4 Å². The minimum atomic E-state index is -0.724. The molecule has 2 aromatic rings. The molecule has 1 atom stereocenters. The Bertz CT molecular complexity index is 991. The van der Waals surface area contributed by atoms with Crippen molar-refractivity contribution < 1.29 is 23.9 Å². The summed E-state index contributed by atoms with van der Waals surface area (Å²) in [6.45, 7) is 0. The van der Waals surface area contributed by atoms with Crippen molar-refractivity contribution in [3.05, 3.63) is 63.5 Å². The summed E-state index contributed by atoms with van der Waals surface area (Å²) in [5, 5.41) is 2.15. The largest absolute Gasteiger partial charge is 0.468 e. The fourth-order valence-electron chi connectivity index (χ4n) is 2.57.